The molecule has 0 saturated heterocycles. The molecule has 0 saturated carbocycles. The van der Waals surface area contributed by atoms with Crippen LogP contribution in [0.25, 0.3) is 10.9 Å². The Kier molecular flexibility index (Phi) is 6.79. The second-order valence-corrected chi connectivity index (χ2v) is 7.63. The monoisotopic (exact) mass is 464 g/mol. The van der Waals surface area contributed by atoms with Gasteiger partial charge in [0.25, 0.3) is 11.8 Å². The number of ether oxygens (including phenoxy) is 2. The summed E-state index contributed by atoms with van der Waals surface area (Å²) in [7, 11) is 3.03. The van der Waals surface area contributed by atoms with E-state index in [1.807, 2.05) is 30.5 Å². The largest absolute Gasteiger partial charge is 0.493 e. The van der Waals surface area contributed by atoms with Gasteiger partial charge in [0.15, 0.2) is 17.2 Å². The third-order valence-corrected chi connectivity index (χ3v) is 5.46. The van der Waals surface area contributed by atoms with Crippen LogP contribution in [0.1, 0.15) is 32.2 Å². The minimum Gasteiger partial charge on any atom is -0.493 e. The number of para-hydroxylation sites is 1. The second-order valence-electron chi connectivity index (χ2n) is 7.63. The molecule has 4 rings (SSSR count). The number of methoxy groups -OCH3 is 2. The standard InChI is InChI=1S/C24H24N4O6/c1-32-21-8-7-14(10-22(21)33-2)23(29)26-16(11-17-12-20(28-34-17)24(30)27-31)9-15-13-25-19-6-4-3-5-18(15)19/h3-8,10,12-13,16,25,31H,9,11H2,1-2H3,(H,26,29)(H,27,30). The highest BCUT2D eigenvalue weighted by atomic mass is 16.5. The molecule has 4 N–H and O–H groups in total. The fraction of sp³-hybridized carbons (Fsp3) is 0.208. The van der Waals surface area contributed by atoms with Crippen molar-refractivity contribution in [1.29, 1.82) is 0 Å². The first-order valence-corrected chi connectivity index (χ1v) is 10.5. The Morgan fingerprint density at radius 2 is 1.85 bits per heavy atom. The van der Waals surface area contributed by atoms with Crippen LogP contribution < -0.4 is 20.3 Å². The fourth-order valence-electron chi connectivity index (χ4n) is 3.80. The van der Waals surface area contributed by atoms with E-state index in [2.05, 4.69) is 15.5 Å². The van der Waals surface area contributed by atoms with Crippen molar-refractivity contribution in [3.05, 3.63) is 77.3 Å². The molecule has 1 unspecified atom stereocenters. The minimum atomic E-state index is -0.780. The lowest BCUT2D eigenvalue weighted by Crippen LogP contribution is -2.38. The molecule has 34 heavy (non-hydrogen) atoms. The number of hydrogen-bond acceptors (Lipinski definition) is 7. The van der Waals surface area contributed by atoms with Crippen molar-refractivity contribution >= 4 is 22.7 Å². The Bertz CT molecular complexity index is 1310. The van der Waals surface area contributed by atoms with Crippen LogP contribution in [0.15, 0.2) is 59.3 Å². The molecule has 1 atom stereocenters. The topological polar surface area (TPSA) is 139 Å². The SMILES string of the molecule is COc1ccc(C(=O)NC(Cc2cc(C(=O)NO)no2)Cc2c[nH]c3ccccc23)cc1OC. The molecule has 2 heterocycles. The number of benzene rings is 2. The van der Waals surface area contributed by atoms with E-state index in [1.165, 1.54) is 25.8 Å². The molecule has 2 aromatic heterocycles. The van der Waals surface area contributed by atoms with Gasteiger partial charge in [-0.3, -0.25) is 14.8 Å². The van der Waals surface area contributed by atoms with Gasteiger partial charge in [-0.1, -0.05) is 23.4 Å². The molecule has 0 fully saturated rings. The van der Waals surface area contributed by atoms with E-state index in [-0.39, 0.29) is 18.0 Å². The van der Waals surface area contributed by atoms with Gasteiger partial charge >= 0.3 is 0 Å². The fourth-order valence-corrected chi connectivity index (χ4v) is 3.80. The van der Waals surface area contributed by atoms with Gasteiger partial charge in [0.1, 0.15) is 5.76 Å². The van der Waals surface area contributed by atoms with Crippen molar-refractivity contribution in [1.82, 2.24) is 20.9 Å². The Labute approximate surface area is 194 Å². The van der Waals surface area contributed by atoms with Crippen molar-refractivity contribution in [3.63, 3.8) is 0 Å². The smallest absolute Gasteiger partial charge is 0.296 e. The molecule has 2 aromatic carbocycles. The summed E-state index contributed by atoms with van der Waals surface area (Å²) in [6.45, 7) is 0. The second kappa shape index (κ2) is 10.1. The number of carbonyl (C=O) groups is 2. The van der Waals surface area contributed by atoms with Crippen molar-refractivity contribution in [2.75, 3.05) is 14.2 Å². The van der Waals surface area contributed by atoms with Gasteiger partial charge in [-0.25, -0.2) is 5.48 Å². The van der Waals surface area contributed by atoms with Crippen LogP contribution in [0.5, 0.6) is 11.5 Å². The number of nitrogens with zero attached hydrogens (tertiary/aromatic N) is 1. The van der Waals surface area contributed by atoms with Crippen molar-refractivity contribution < 1.29 is 28.8 Å². The highest BCUT2D eigenvalue weighted by Gasteiger charge is 2.21. The zero-order valence-corrected chi connectivity index (χ0v) is 18.6. The predicted molar refractivity (Wildman–Crippen MR) is 122 cm³/mol. The number of hydroxylamine groups is 1. The first-order chi connectivity index (χ1) is 16.5. The van der Waals surface area contributed by atoms with Gasteiger partial charge in [0.2, 0.25) is 0 Å². The third-order valence-electron chi connectivity index (χ3n) is 5.46. The lowest BCUT2D eigenvalue weighted by Gasteiger charge is -2.18. The number of carbonyl (C=O) groups excluding carboxylic acids is 2. The van der Waals surface area contributed by atoms with Crippen LogP contribution in [0.4, 0.5) is 0 Å². The van der Waals surface area contributed by atoms with Crippen molar-refractivity contribution in [2.24, 2.45) is 0 Å². The molecule has 0 radical (unpaired) electrons. The molecular weight excluding hydrogens is 440 g/mol. The maximum atomic E-state index is 13.1. The van der Waals surface area contributed by atoms with E-state index in [0.717, 1.165) is 16.5 Å². The molecule has 0 aliphatic rings. The zero-order valence-electron chi connectivity index (χ0n) is 18.6. The normalized spacial score (nSPS) is 11.7. The molecule has 176 valence electrons. The number of nitrogens with one attached hydrogen (secondary N) is 3. The van der Waals surface area contributed by atoms with Crippen LogP contribution in [0, 0.1) is 0 Å². The first-order valence-electron chi connectivity index (χ1n) is 10.5. The average Bonchev–Trinajstić information content (AvgIpc) is 3.50. The highest BCUT2D eigenvalue weighted by Crippen LogP contribution is 2.28. The van der Waals surface area contributed by atoms with Gasteiger partial charge in [-0.05, 0) is 36.2 Å². The summed E-state index contributed by atoms with van der Waals surface area (Å²) in [6.07, 6.45) is 2.67. The van der Waals surface area contributed by atoms with Crippen molar-refractivity contribution in [3.8, 4) is 11.5 Å². The molecular formula is C24H24N4O6. The molecule has 0 aliphatic carbocycles. The summed E-state index contributed by atoms with van der Waals surface area (Å²) < 4.78 is 15.8. The Morgan fingerprint density at radius 1 is 1.06 bits per heavy atom. The van der Waals surface area contributed by atoms with Crippen LogP contribution in [0.2, 0.25) is 0 Å². The Hall–Kier alpha value is -4.31. The highest BCUT2D eigenvalue weighted by molar-refractivity contribution is 5.95. The number of hydrogen-bond donors (Lipinski definition) is 4. The number of H-pyrrole nitrogens is 1. The molecule has 10 nitrogen and oxygen atoms in total. The van der Waals surface area contributed by atoms with E-state index in [9.17, 15) is 9.59 Å². The Morgan fingerprint density at radius 3 is 2.62 bits per heavy atom. The minimum absolute atomic E-state index is 0.0606. The molecule has 4 aromatic rings. The van der Waals surface area contributed by atoms with Gasteiger partial charge in [0.05, 0.1) is 14.2 Å². The summed E-state index contributed by atoms with van der Waals surface area (Å²) in [6, 6.07) is 13.8. The third kappa shape index (κ3) is 4.86. The van der Waals surface area contributed by atoms with E-state index >= 15 is 0 Å². The first kappa shape index (κ1) is 22.9. The maximum Gasteiger partial charge on any atom is 0.296 e. The number of aromatic amines is 1. The zero-order chi connectivity index (χ0) is 24.1. The molecule has 0 bridgehead atoms. The number of rotatable bonds is 9. The molecule has 0 aliphatic heterocycles. The van der Waals surface area contributed by atoms with Gasteiger partial charge in [0, 0.05) is 41.2 Å². The molecule has 0 spiro atoms. The average molecular weight is 464 g/mol. The van der Waals surface area contributed by atoms with Crippen LogP contribution in [-0.4, -0.2) is 47.4 Å². The summed E-state index contributed by atoms with van der Waals surface area (Å²) in [4.78, 5) is 28.0. The van der Waals surface area contributed by atoms with Crippen LogP contribution in [0.3, 0.4) is 0 Å². The number of amides is 2. The maximum absolute atomic E-state index is 13.1. The number of aromatic nitrogens is 2. The quantitative estimate of drug-likeness (QED) is 0.221. The van der Waals surface area contributed by atoms with Crippen molar-refractivity contribution in [2.45, 2.75) is 18.9 Å². The predicted octanol–water partition coefficient (Wildman–Crippen LogP) is 2.88. The van der Waals surface area contributed by atoms with Crippen LogP contribution in [-0.2, 0) is 12.8 Å². The van der Waals surface area contributed by atoms with Gasteiger partial charge in [-0.2, -0.15) is 0 Å². The summed E-state index contributed by atoms with van der Waals surface area (Å²) in [5.74, 6) is 0.260. The summed E-state index contributed by atoms with van der Waals surface area (Å²) in [5.41, 5.74) is 3.87. The summed E-state index contributed by atoms with van der Waals surface area (Å²) in [5, 5.41) is 16.6. The van der Waals surface area contributed by atoms with E-state index in [0.29, 0.717) is 29.2 Å². The molecule has 2 amide bonds. The lowest BCUT2D eigenvalue weighted by atomic mass is 10.0. The van der Waals surface area contributed by atoms with E-state index < -0.39 is 11.9 Å². The van der Waals surface area contributed by atoms with E-state index in [1.54, 1.807) is 18.2 Å². The number of fused-ring (bicyclic) bond motifs is 1. The molecule has 10 heteroatoms. The van der Waals surface area contributed by atoms with Crippen LogP contribution >= 0.6 is 0 Å². The van der Waals surface area contributed by atoms with Gasteiger partial charge in [-0.15, -0.1) is 0 Å². The summed E-state index contributed by atoms with van der Waals surface area (Å²) >= 11 is 0. The Balaban J connectivity index is 1.59. The van der Waals surface area contributed by atoms with Gasteiger partial charge < -0.3 is 24.3 Å². The lowest BCUT2D eigenvalue weighted by molar-refractivity contribution is 0.0696. The van der Waals surface area contributed by atoms with E-state index in [4.69, 9.17) is 19.2 Å².